The lowest BCUT2D eigenvalue weighted by Crippen LogP contribution is -2.31. The Morgan fingerprint density at radius 1 is 1.04 bits per heavy atom. The maximum Gasteiger partial charge on any atom is 0.170 e. The molecule has 1 aliphatic rings. The second-order valence-corrected chi connectivity index (χ2v) is 7.20. The van der Waals surface area contributed by atoms with Crippen molar-refractivity contribution < 1.29 is 0 Å². The zero-order chi connectivity index (χ0) is 18.6. The van der Waals surface area contributed by atoms with Gasteiger partial charge in [0.25, 0.3) is 0 Å². The molecule has 0 saturated carbocycles. The second-order valence-electron chi connectivity index (χ2n) is 6.81. The summed E-state index contributed by atoms with van der Waals surface area (Å²) in [6.45, 7) is 3.15. The highest BCUT2D eigenvalue weighted by Crippen LogP contribution is 2.39. The number of para-hydroxylation sites is 1. The van der Waals surface area contributed by atoms with Gasteiger partial charge in [0.05, 0.1) is 17.8 Å². The van der Waals surface area contributed by atoms with Gasteiger partial charge in [-0.25, -0.2) is 0 Å². The number of unbranched alkanes of at least 4 members (excludes halogenated alkanes) is 1. The van der Waals surface area contributed by atoms with Crippen LogP contribution in [0.4, 0.5) is 0 Å². The predicted molar refractivity (Wildman–Crippen MR) is 113 cm³/mol. The fourth-order valence-corrected chi connectivity index (χ4v) is 4.09. The van der Waals surface area contributed by atoms with E-state index in [2.05, 4.69) is 75.4 Å². The lowest BCUT2D eigenvalue weighted by atomic mass is 10.0. The van der Waals surface area contributed by atoms with E-state index < -0.39 is 0 Å². The molecule has 0 unspecified atom stereocenters. The fourth-order valence-electron chi connectivity index (χ4n) is 3.76. The van der Waals surface area contributed by atoms with Crippen molar-refractivity contribution in [1.29, 1.82) is 0 Å². The van der Waals surface area contributed by atoms with Crippen LogP contribution < -0.4 is 5.32 Å². The minimum Gasteiger partial charge on any atom is -0.352 e. The molecule has 0 bridgehead atoms. The van der Waals surface area contributed by atoms with Crippen molar-refractivity contribution in [2.45, 2.75) is 31.8 Å². The van der Waals surface area contributed by atoms with Crippen LogP contribution >= 0.6 is 12.2 Å². The van der Waals surface area contributed by atoms with Crippen LogP contribution in [0.5, 0.6) is 0 Å². The molecule has 1 aromatic carbocycles. The van der Waals surface area contributed by atoms with Gasteiger partial charge in [0, 0.05) is 30.3 Å². The molecule has 2 aromatic heterocycles. The van der Waals surface area contributed by atoms with E-state index in [1.165, 1.54) is 5.69 Å². The highest BCUT2D eigenvalue weighted by Gasteiger charge is 2.40. The van der Waals surface area contributed by atoms with Gasteiger partial charge in [-0.2, -0.15) is 0 Å². The minimum atomic E-state index is 0.0351. The maximum absolute atomic E-state index is 5.72. The van der Waals surface area contributed by atoms with E-state index in [1.54, 1.807) is 0 Å². The highest BCUT2D eigenvalue weighted by molar-refractivity contribution is 7.80. The molecule has 4 rings (SSSR count). The Kier molecular flexibility index (Phi) is 5.21. The zero-order valence-electron chi connectivity index (χ0n) is 15.5. The highest BCUT2D eigenvalue weighted by atomic mass is 32.1. The summed E-state index contributed by atoms with van der Waals surface area (Å²) >= 11 is 5.72. The van der Waals surface area contributed by atoms with Crippen LogP contribution in [0.25, 0.3) is 5.69 Å². The molecule has 1 fully saturated rings. The maximum atomic E-state index is 5.72. The summed E-state index contributed by atoms with van der Waals surface area (Å²) in [5.41, 5.74) is 3.40. The molecule has 4 nitrogen and oxygen atoms in total. The van der Waals surface area contributed by atoms with Crippen molar-refractivity contribution >= 4 is 17.3 Å². The van der Waals surface area contributed by atoms with Crippen LogP contribution in [-0.2, 0) is 0 Å². The van der Waals surface area contributed by atoms with Crippen LogP contribution in [0.2, 0.25) is 0 Å². The van der Waals surface area contributed by atoms with Crippen molar-refractivity contribution in [3.63, 3.8) is 0 Å². The van der Waals surface area contributed by atoms with Gasteiger partial charge in [-0.05, 0) is 55.0 Å². The largest absolute Gasteiger partial charge is 0.352 e. The number of rotatable bonds is 6. The molecule has 27 heavy (non-hydrogen) atoms. The zero-order valence-corrected chi connectivity index (χ0v) is 16.3. The van der Waals surface area contributed by atoms with Gasteiger partial charge >= 0.3 is 0 Å². The molecule has 0 amide bonds. The summed E-state index contributed by atoms with van der Waals surface area (Å²) in [5.74, 6) is 0. The first kappa shape index (κ1) is 17.7. The molecular formula is C22H24N4S. The number of nitrogens with one attached hydrogen (secondary N) is 1. The van der Waals surface area contributed by atoms with Gasteiger partial charge in [0.1, 0.15) is 0 Å². The van der Waals surface area contributed by atoms with Gasteiger partial charge in [0.2, 0.25) is 0 Å². The quantitative estimate of drug-likeness (QED) is 0.635. The average Bonchev–Trinajstić information content (AvgIpc) is 3.32. The fraction of sp³-hybridized carbons (Fsp3) is 0.273. The molecule has 0 spiro atoms. The first-order chi connectivity index (χ1) is 13.3. The molecule has 3 heterocycles. The number of nitrogens with zero attached hydrogens (tertiary/aromatic N) is 3. The Balaban J connectivity index is 1.78. The third-order valence-electron chi connectivity index (χ3n) is 5.07. The summed E-state index contributed by atoms with van der Waals surface area (Å²) in [5, 5.41) is 4.34. The normalized spacial score (nSPS) is 19.3. The number of aromatic nitrogens is 2. The standard InChI is InChI=1S/C22H24N4S/c1-2-3-15-26-21(20(24-22(26)27)18-12-7-8-14-23-18)19-13-9-16-25(19)17-10-5-4-6-11-17/h4-14,16,20-21H,2-3,15H2,1H3,(H,24,27)/t20-,21+/m1/s1. The van der Waals surface area contributed by atoms with Crippen molar-refractivity contribution in [3.8, 4) is 5.69 Å². The van der Waals surface area contributed by atoms with E-state index in [0.717, 1.165) is 35.9 Å². The third-order valence-corrected chi connectivity index (χ3v) is 5.42. The monoisotopic (exact) mass is 376 g/mol. The molecule has 0 radical (unpaired) electrons. The van der Waals surface area contributed by atoms with E-state index in [4.69, 9.17) is 12.2 Å². The smallest absolute Gasteiger partial charge is 0.170 e. The average molecular weight is 377 g/mol. The van der Waals surface area contributed by atoms with E-state index in [1.807, 2.05) is 24.4 Å². The van der Waals surface area contributed by atoms with Crippen LogP contribution in [0, 0.1) is 0 Å². The minimum absolute atomic E-state index is 0.0351. The molecule has 2 atom stereocenters. The van der Waals surface area contributed by atoms with Gasteiger partial charge in [-0.3, -0.25) is 4.98 Å². The van der Waals surface area contributed by atoms with Gasteiger partial charge in [0.15, 0.2) is 5.11 Å². The van der Waals surface area contributed by atoms with Crippen LogP contribution in [0.3, 0.4) is 0 Å². The lowest BCUT2D eigenvalue weighted by Gasteiger charge is -2.29. The van der Waals surface area contributed by atoms with E-state index in [9.17, 15) is 0 Å². The summed E-state index contributed by atoms with van der Waals surface area (Å²) in [6, 6.07) is 21.0. The SMILES string of the molecule is CCCCN1C(=S)N[C@H](c2ccccn2)[C@@H]1c1cccn1-c1ccccc1. The number of hydrogen-bond donors (Lipinski definition) is 1. The number of thiocarbonyl (C=S) groups is 1. The molecule has 1 aliphatic heterocycles. The first-order valence-electron chi connectivity index (χ1n) is 9.50. The Hall–Kier alpha value is -2.66. The Morgan fingerprint density at radius 2 is 1.85 bits per heavy atom. The Bertz CT molecular complexity index is 891. The van der Waals surface area contributed by atoms with Crippen LogP contribution in [-0.4, -0.2) is 26.1 Å². The molecule has 1 saturated heterocycles. The molecule has 3 aromatic rings. The van der Waals surface area contributed by atoms with Crippen LogP contribution in [0.1, 0.15) is 43.2 Å². The molecule has 5 heteroatoms. The summed E-state index contributed by atoms with van der Waals surface area (Å²) in [4.78, 5) is 6.94. The molecule has 1 N–H and O–H groups in total. The number of hydrogen-bond acceptors (Lipinski definition) is 2. The Labute approximate surface area is 165 Å². The summed E-state index contributed by atoms with van der Waals surface area (Å²) < 4.78 is 2.26. The Morgan fingerprint density at radius 3 is 2.59 bits per heavy atom. The number of pyridine rings is 1. The topological polar surface area (TPSA) is 33.1 Å². The number of benzene rings is 1. The molecular weight excluding hydrogens is 352 g/mol. The summed E-state index contributed by atoms with van der Waals surface area (Å²) in [6.07, 6.45) is 6.22. The lowest BCUT2D eigenvalue weighted by molar-refractivity contribution is 0.304. The van der Waals surface area contributed by atoms with E-state index >= 15 is 0 Å². The van der Waals surface area contributed by atoms with Gasteiger partial charge in [-0.15, -0.1) is 0 Å². The summed E-state index contributed by atoms with van der Waals surface area (Å²) in [7, 11) is 0. The predicted octanol–water partition coefficient (Wildman–Crippen LogP) is 4.64. The van der Waals surface area contributed by atoms with Crippen molar-refractivity contribution in [3.05, 3.63) is 84.4 Å². The third kappa shape index (κ3) is 3.47. The van der Waals surface area contributed by atoms with Crippen molar-refractivity contribution in [2.24, 2.45) is 0 Å². The van der Waals surface area contributed by atoms with Crippen molar-refractivity contribution in [1.82, 2.24) is 19.8 Å². The molecule has 138 valence electrons. The van der Waals surface area contributed by atoms with Crippen molar-refractivity contribution in [2.75, 3.05) is 6.54 Å². The van der Waals surface area contributed by atoms with Gasteiger partial charge in [-0.1, -0.05) is 37.6 Å². The van der Waals surface area contributed by atoms with Crippen LogP contribution in [0.15, 0.2) is 73.1 Å². The second kappa shape index (κ2) is 7.92. The first-order valence-corrected chi connectivity index (χ1v) is 9.91. The van der Waals surface area contributed by atoms with Gasteiger partial charge < -0.3 is 14.8 Å². The van der Waals surface area contributed by atoms with E-state index in [0.29, 0.717) is 0 Å². The van der Waals surface area contributed by atoms with E-state index in [-0.39, 0.29) is 12.1 Å². The molecule has 0 aliphatic carbocycles.